The van der Waals surface area contributed by atoms with Gasteiger partial charge in [-0.3, -0.25) is 4.79 Å². The van der Waals surface area contributed by atoms with Gasteiger partial charge in [-0.1, -0.05) is 11.6 Å². The van der Waals surface area contributed by atoms with Gasteiger partial charge >= 0.3 is 6.18 Å². The zero-order chi connectivity index (χ0) is 24.7. The number of amides is 1. The largest absolute Gasteiger partial charge is 0.490 e. The highest BCUT2D eigenvalue weighted by atomic mass is 35.5. The summed E-state index contributed by atoms with van der Waals surface area (Å²) in [7, 11) is -3.85. The average molecular weight is 521 g/mol. The molecule has 0 bridgehead atoms. The molecule has 4 rings (SSSR count). The van der Waals surface area contributed by atoms with Gasteiger partial charge in [-0.25, -0.2) is 17.5 Å². The lowest BCUT2D eigenvalue weighted by atomic mass is 10.1. The molecule has 0 spiro atoms. The molecule has 34 heavy (non-hydrogen) atoms. The molecule has 184 valence electrons. The molecule has 1 N–H and O–H groups in total. The molecule has 1 aliphatic heterocycles. The number of halogens is 5. The van der Waals surface area contributed by atoms with Crippen molar-refractivity contribution in [3.05, 3.63) is 58.4 Å². The van der Waals surface area contributed by atoms with Crippen molar-refractivity contribution >= 4 is 33.2 Å². The molecule has 1 amide bonds. The Balaban J connectivity index is 1.42. The molecule has 12 heteroatoms. The van der Waals surface area contributed by atoms with Crippen molar-refractivity contribution in [1.29, 1.82) is 0 Å². The molecule has 2 aromatic rings. The Bertz CT molecular complexity index is 1180. The molecule has 1 atom stereocenters. The maximum atomic E-state index is 14.6. The number of sulfonamides is 1. The summed E-state index contributed by atoms with van der Waals surface area (Å²) < 4.78 is 84.4. The second-order valence-electron chi connectivity index (χ2n) is 8.28. The summed E-state index contributed by atoms with van der Waals surface area (Å²) in [6, 6.07) is 6.58. The van der Waals surface area contributed by atoms with Gasteiger partial charge in [0.15, 0.2) is 0 Å². The van der Waals surface area contributed by atoms with Gasteiger partial charge in [0.1, 0.15) is 18.2 Å². The Hall–Kier alpha value is -2.53. The van der Waals surface area contributed by atoms with Gasteiger partial charge in [-0.05, 0) is 56.0 Å². The zero-order valence-corrected chi connectivity index (χ0v) is 19.3. The molecule has 1 heterocycles. The van der Waals surface area contributed by atoms with E-state index in [0.29, 0.717) is 31.5 Å². The van der Waals surface area contributed by atoms with Crippen LogP contribution in [-0.2, 0) is 16.2 Å². The van der Waals surface area contributed by atoms with Crippen LogP contribution in [0.3, 0.4) is 0 Å². The predicted molar refractivity (Wildman–Crippen MR) is 118 cm³/mol. The minimum absolute atomic E-state index is 0.0277. The monoisotopic (exact) mass is 520 g/mol. The van der Waals surface area contributed by atoms with Crippen molar-refractivity contribution < 1.29 is 35.5 Å². The van der Waals surface area contributed by atoms with E-state index in [-0.39, 0.29) is 23.4 Å². The zero-order valence-electron chi connectivity index (χ0n) is 17.7. The normalized spacial score (nSPS) is 18.7. The maximum Gasteiger partial charge on any atom is 0.416 e. The SMILES string of the molecule is O=C(NS(=O)(=O)C1CC1)c1cc(Cl)c(OCC2CCCN2c2ccc(C(F)(F)F)cc2)cc1F. The number of hydrogen-bond donors (Lipinski definition) is 1. The minimum atomic E-state index is -4.42. The quantitative estimate of drug-likeness (QED) is 0.532. The molecular formula is C22H21ClF4N2O4S. The molecular weight excluding hydrogens is 500 g/mol. The Morgan fingerprint density at radius 3 is 2.44 bits per heavy atom. The van der Waals surface area contributed by atoms with Gasteiger partial charge in [0.25, 0.3) is 5.91 Å². The average Bonchev–Trinajstić information content (AvgIpc) is 3.53. The molecule has 1 unspecified atom stereocenters. The fraction of sp³-hybridized carbons (Fsp3) is 0.409. The molecule has 1 saturated carbocycles. The van der Waals surface area contributed by atoms with Crippen LogP contribution >= 0.6 is 11.6 Å². The van der Waals surface area contributed by atoms with Crippen molar-refractivity contribution in [3.8, 4) is 5.75 Å². The number of ether oxygens (including phenoxy) is 1. The van der Waals surface area contributed by atoms with Gasteiger partial charge in [0, 0.05) is 18.3 Å². The number of anilines is 1. The molecule has 2 aromatic carbocycles. The number of hydrogen-bond acceptors (Lipinski definition) is 5. The van der Waals surface area contributed by atoms with Crippen LogP contribution in [-0.4, -0.2) is 38.8 Å². The lowest BCUT2D eigenvalue weighted by Gasteiger charge is -2.27. The first-order valence-corrected chi connectivity index (χ1v) is 12.5. The third-order valence-electron chi connectivity index (χ3n) is 5.80. The summed E-state index contributed by atoms with van der Waals surface area (Å²) >= 11 is 6.15. The predicted octanol–water partition coefficient (Wildman–Crippen LogP) is 4.77. The Morgan fingerprint density at radius 1 is 1.15 bits per heavy atom. The first-order valence-electron chi connectivity index (χ1n) is 10.6. The lowest BCUT2D eigenvalue weighted by molar-refractivity contribution is -0.137. The van der Waals surface area contributed by atoms with Gasteiger partial charge in [-0.2, -0.15) is 13.2 Å². The Kier molecular flexibility index (Phi) is 6.69. The number of nitrogens with zero attached hydrogens (tertiary/aromatic N) is 1. The van der Waals surface area contributed by atoms with E-state index in [1.807, 2.05) is 9.62 Å². The van der Waals surface area contributed by atoms with Gasteiger partial charge < -0.3 is 9.64 Å². The first kappa shape index (κ1) is 24.6. The number of alkyl halides is 3. The fourth-order valence-electron chi connectivity index (χ4n) is 3.84. The summed E-state index contributed by atoms with van der Waals surface area (Å²) in [4.78, 5) is 14.1. The Labute approximate surface area is 198 Å². The highest BCUT2D eigenvalue weighted by Crippen LogP contribution is 2.34. The van der Waals surface area contributed by atoms with E-state index in [2.05, 4.69) is 0 Å². The van der Waals surface area contributed by atoms with Gasteiger partial charge in [0.2, 0.25) is 10.0 Å². The van der Waals surface area contributed by atoms with Crippen LogP contribution in [0.1, 0.15) is 41.6 Å². The van der Waals surface area contributed by atoms with Crippen LogP contribution in [0, 0.1) is 5.82 Å². The minimum Gasteiger partial charge on any atom is -0.490 e. The van der Waals surface area contributed by atoms with Crippen LogP contribution in [0.4, 0.5) is 23.2 Å². The maximum absolute atomic E-state index is 14.6. The van der Waals surface area contributed by atoms with Gasteiger partial charge in [0.05, 0.1) is 27.4 Å². The smallest absolute Gasteiger partial charge is 0.416 e. The summed E-state index contributed by atoms with van der Waals surface area (Å²) in [5.41, 5.74) is -0.645. The standard InChI is InChI=1S/C22H21ClF4N2O4S/c23-18-10-17(21(30)28-34(31,32)16-7-8-16)19(24)11-20(18)33-12-15-2-1-9-29(15)14-5-3-13(4-6-14)22(25,26)27/h3-6,10-11,15-16H,1-2,7-9,12H2,(H,28,30). The van der Waals surface area contributed by atoms with Crippen LogP contribution in [0.2, 0.25) is 5.02 Å². The van der Waals surface area contributed by atoms with Crippen molar-refractivity contribution in [2.24, 2.45) is 0 Å². The number of nitrogens with one attached hydrogen (secondary N) is 1. The van der Waals surface area contributed by atoms with Crippen molar-refractivity contribution in [2.75, 3.05) is 18.1 Å². The van der Waals surface area contributed by atoms with E-state index >= 15 is 0 Å². The van der Waals surface area contributed by atoms with Gasteiger partial charge in [-0.15, -0.1) is 0 Å². The molecule has 2 aliphatic rings. The van der Waals surface area contributed by atoms with Crippen molar-refractivity contribution in [2.45, 2.75) is 43.2 Å². The topological polar surface area (TPSA) is 75.7 Å². The molecule has 0 radical (unpaired) electrons. The second-order valence-corrected chi connectivity index (χ2v) is 10.7. The van der Waals surface area contributed by atoms with E-state index in [4.69, 9.17) is 16.3 Å². The molecule has 0 aromatic heterocycles. The van der Waals surface area contributed by atoms with Crippen molar-refractivity contribution in [1.82, 2.24) is 4.72 Å². The number of carbonyl (C=O) groups excluding carboxylic acids is 1. The van der Waals surface area contributed by atoms with Crippen molar-refractivity contribution in [3.63, 3.8) is 0 Å². The van der Waals surface area contributed by atoms with Crippen LogP contribution < -0.4 is 14.4 Å². The second kappa shape index (κ2) is 9.26. The number of carbonyl (C=O) groups is 1. The van der Waals surface area contributed by atoms with E-state index < -0.39 is 44.3 Å². The summed E-state index contributed by atoms with van der Waals surface area (Å²) in [5.74, 6) is -2.13. The van der Waals surface area contributed by atoms with E-state index in [9.17, 15) is 30.8 Å². The Morgan fingerprint density at radius 2 is 1.82 bits per heavy atom. The van der Waals surface area contributed by atoms with E-state index in [0.717, 1.165) is 30.7 Å². The first-order chi connectivity index (χ1) is 16.0. The molecule has 1 saturated heterocycles. The molecule has 2 fully saturated rings. The van der Waals surface area contributed by atoms with Crippen LogP contribution in [0.5, 0.6) is 5.75 Å². The lowest BCUT2D eigenvalue weighted by Crippen LogP contribution is -2.34. The third-order valence-corrected chi connectivity index (χ3v) is 7.91. The van der Waals surface area contributed by atoms with E-state index in [1.54, 1.807) is 0 Å². The molecule has 6 nitrogen and oxygen atoms in total. The number of rotatable bonds is 7. The summed E-state index contributed by atoms with van der Waals surface area (Å²) in [5, 5.41) is -0.717. The summed E-state index contributed by atoms with van der Waals surface area (Å²) in [6.07, 6.45) is -2.02. The fourth-order valence-corrected chi connectivity index (χ4v) is 5.35. The van der Waals surface area contributed by atoms with Crippen LogP contribution in [0.25, 0.3) is 0 Å². The highest BCUT2D eigenvalue weighted by Gasteiger charge is 2.37. The van der Waals surface area contributed by atoms with Crippen LogP contribution in [0.15, 0.2) is 36.4 Å². The summed E-state index contributed by atoms with van der Waals surface area (Å²) in [6.45, 7) is 0.706. The number of benzene rings is 2. The van der Waals surface area contributed by atoms with E-state index in [1.165, 1.54) is 12.1 Å². The molecule has 1 aliphatic carbocycles. The highest BCUT2D eigenvalue weighted by molar-refractivity contribution is 7.91. The third kappa shape index (κ3) is 5.41.